The van der Waals surface area contributed by atoms with Crippen molar-refractivity contribution < 1.29 is 4.74 Å². The number of benzene rings is 1. The van der Waals surface area contributed by atoms with Gasteiger partial charge in [0.05, 0.1) is 13.2 Å². The van der Waals surface area contributed by atoms with Gasteiger partial charge in [-0.15, -0.1) is 11.8 Å². The summed E-state index contributed by atoms with van der Waals surface area (Å²) in [7, 11) is 0. The van der Waals surface area contributed by atoms with E-state index in [4.69, 9.17) is 10.5 Å². The van der Waals surface area contributed by atoms with Gasteiger partial charge in [0.2, 0.25) is 0 Å². The van der Waals surface area contributed by atoms with E-state index in [1.165, 1.54) is 36.1 Å². The summed E-state index contributed by atoms with van der Waals surface area (Å²) in [6.07, 6.45) is 7.47. The molecule has 0 saturated heterocycles. The van der Waals surface area contributed by atoms with Gasteiger partial charge in [0.1, 0.15) is 0 Å². The highest BCUT2D eigenvalue weighted by atomic mass is 32.2. The van der Waals surface area contributed by atoms with Crippen molar-refractivity contribution in [3.8, 4) is 0 Å². The summed E-state index contributed by atoms with van der Waals surface area (Å²) in [5.41, 5.74) is 7.90. The smallest absolute Gasteiger partial charge is 0.0646 e. The first-order chi connectivity index (χ1) is 9.77. The molecule has 2 nitrogen and oxygen atoms in total. The van der Waals surface area contributed by atoms with Crippen molar-refractivity contribution in [1.82, 2.24) is 0 Å². The third kappa shape index (κ3) is 3.38. The first-order valence-electron chi connectivity index (χ1n) is 7.85. The van der Waals surface area contributed by atoms with Crippen LogP contribution < -0.4 is 5.73 Å². The number of ether oxygens (including phenoxy) is 1. The van der Waals surface area contributed by atoms with Gasteiger partial charge in [0, 0.05) is 22.1 Å². The lowest BCUT2D eigenvalue weighted by atomic mass is 9.92. The number of rotatable bonds is 4. The second-order valence-electron chi connectivity index (χ2n) is 6.34. The van der Waals surface area contributed by atoms with Crippen LogP contribution in [0.4, 0.5) is 0 Å². The van der Waals surface area contributed by atoms with Crippen LogP contribution in [0.2, 0.25) is 0 Å². The van der Waals surface area contributed by atoms with Gasteiger partial charge in [0.25, 0.3) is 0 Å². The molecule has 1 aliphatic carbocycles. The van der Waals surface area contributed by atoms with Crippen LogP contribution in [0.15, 0.2) is 29.2 Å². The van der Waals surface area contributed by atoms with E-state index in [1.54, 1.807) is 0 Å². The molecule has 1 aliphatic heterocycles. The lowest BCUT2D eigenvalue weighted by molar-refractivity contribution is 0.0713. The van der Waals surface area contributed by atoms with Crippen LogP contribution in [0.5, 0.6) is 0 Å². The summed E-state index contributed by atoms with van der Waals surface area (Å²) in [6.45, 7) is 1.55. The topological polar surface area (TPSA) is 35.2 Å². The minimum atomic E-state index is -0.0677. The fraction of sp³-hybridized carbons (Fsp3) is 0.647. The molecule has 3 rings (SSSR count). The van der Waals surface area contributed by atoms with E-state index in [0.29, 0.717) is 5.92 Å². The molecule has 2 aliphatic rings. The van der Waals surface area contributed by atoms with E-state index in [0.717, 1.165) is 31.8 Å². The quantitative estimate of drug-likeness (QED) is 0.853. The van der Waals surface area contributed by atoms with Crippen LogP contribution in [-0.4, -0.2) is 24.5 Å². The minimum Gasteiger partial charge on any atom is -0.379 e. The molecule has 3 heteroatoms. The van der Waals surface area contributed by atoms with Crippen LogP contribution >= 0.6 is 11.8 Å². The first kappa shape index (κ1) is 14.4. The number of fused-ring (bicyclic) bond motifs is 1. The van der Waals surface area contributed by atoms with Crippen molar-refractivity contribution >= 4 is 11.8 Å². The third-order valence-electron chi connectivity index (χ3n) is 4.61. The van der Waals surface area contributed by atoms with Gasteiger partial charge in [-0.2, -0.15) is 0 Å². The van der Waals surface area contributed by atoms with Crippen molar-refractivity contribution in [2.24, 2.45) is 5.73 Å². The molecular weight excluding hydrogens is 266 g/mol. The van der Waals surface area contributed by atoms with Gasteiger partial charge in [-0.05, 0) is 24.5 Å². The summed E-state index contributed by atoms with van der Waals surface area (Å²) >= 11 is 1.95. The molecular formula is C17H25NOS. The summed E-state index contributed by atoms with van der Waals surface area (Å²) < 4.78 is 6.03. The minimum absolute atomic E-state index is 0.0677. The molecule has 0 aromatic heterocycles. The zero-order valence-corrected chi connectivity index (χ0v) is 13.0. The second-order valence-corrected chi connectivity index (χ2v) is 7.40. The summed E-state index contributed by atoms with van der Waals surface area (Å²) in [4.78, 5) is 1.43. The lowest BCUT2D eigenvalue weighted by Gasteiger charge is -2.28. The third-order valence-corrected chi connectivity index (χ3v) is 5.86. The predicted molar refractivity (Wildman–Crippen MR) is 85.3 cm³/mol. The Morgan fingerprint density at radius 2 is 1.90 bits per heavy atom. The molecule has 20 heavy (non-hydrogen) atoms. The Bertz CT molecular complexity index is 440. The summed E-state index contributed by atoms with van der Waals surface area (Å²) in [5.74, 6) is 1.70. The largest absolute Gasteiger partial charge is 0.379 e. The van der Waals surface area contributed by atoms with Gasteiger partial charge in [-0.25, -0.2) is 0 Å². The van der Waals surface area contributed by atoms with Crippen LogP contribution in [0.1, 0.15) is 50.0 Å². The number of hydrogen-bond acceptors (Lipinski definition) is 3. The Hall–Kier alpha value is -0.510. The van der Waals surface area contributed by atoms with Gasteiger partial charge in [-0.1, -0.05) is 43.9 Å². The highest BCUT2D eigenvalue weighted by Gasteiger charge is 2.28. The molecule has 2 N–H and O–H groups in total. The zero-order chi connectivity index (χ0) is 13.8. The Labute approximate surface area is 126 Å². The molecule has 1 heterocycles. The molecule has 1 fully saturated rings. The molecule has 1 unspecified atom stereocenters. The molecule has 1 aromatic carbocycles. The maximum absolute atomic E-state index is 6.51. The number of hydrogen-bond donors (Lipinski definition) is 1. The van der Waals surface area contributed by atoms with Crippen LogP contribution in [-0.2, 0) is 4.74 Å². The maximum Gasteiger partial charge on any atom is 0.0646 e. The molecule has 1 saturated carbocycles. The average molecular weight is 291 g/mol. The number of nitrogens with two attached hydrogens (primary N) is 1. The Kier molecular flexibility index (Phi) is 4.69. The molecule has 1 aromatic rings. The van der Waals surface area contributed by atoms with Crippen LogP contribution in [0, 0.1) is 0 Å². The highest BCUT2D eigenvalue weighted by Crippen LogP contribution is 2.39. The summed E-state index contributed by atoms with van der Waals surface area (Å²) in [6, 6.07) is 8.71. The van der Waals surface area contributed by atoms with E-state index in [-0.39, 0.29) is 5.54 Å². The molecule has 0 amide bonds. The monoisotopic (exact) mass is 291 g/mol. The van der Waals surface area contributed by atoms with Gasteiger partial charge in [-0.3, -0.25) is 0 Å². The van der Waals surface area contributed by atoms with E-state index < -0.39 is 0 Å². The van der Waals surface area contributed by atoms with Crippen LogP contribution in [0.3, 0.4) is 0 Å². The van der Waals surface area contributed by atoms with Crippen molar-refractivity contribution in [1.29, 1.82) is 0 Å². The second kappa shape index (κ2) is 6.50. The predicted octanol–water partition coefficient (Wildman–Crippen LogP) is 3.94. The van der Waals surface area contributed by atoms with Gasteiger partial charge >= 0.3 is 0 Å². The lowest BCUT2D eigenvalue weighted by Crippen LogP contribution is -2.44. The highest BCUT2D eigenvalue weighted by molar-refractivity contribution is 7.99. The fourth-order valence-corrected chi connectivity index (χ4v) is 4.58. The van der Waals surface area contributed by atoms with E-state index in [2.05, 4.69) is 24.3 Å². The summed E-state index contributed by atoms with van der Waals surface area (Å²) in [5, 5.41) is 0. The Morgan fingerprint density at radius 1 is 1.15 bits per heavy atom. The molecule has 1 atom stereocenters. The molecule has 0 spiro atoms. The molecule has 0 radical (unpaired) electrons. The zero-order valence-electron chi connectivity index (χ0n) is 12.1. The number of thioether (sulfide) groups is 1. The Morgan fingerprint density at radius 3 is 2.70 bits per heavy atom. The molecule has 0 bridgehead atoms. The van der Waals surface area contributed by atoms with Gasteiger partial charge < -0.3 is 10.5 Å². The van der Waals surface area contributed by atoms with Crippen molar-refractivity contribution in [3.05, 3.63) is 29.8 Å². The van der Waals surface area contributed by atoms with E-state index in [9.17, 15) is 0 Å². The average Bonchev–Trinajstić information content (AvgIpc) is 2.74. The van der Waals surface area contributed by atoms with E-state index in [1.807, 2.05) is 11.8 Å². The van der Waals surface area contributed by atoms with Crippen LogP contribution in [0.25, 0.3) is 0 Å². The normalized spacial score (nSPS) is 25.1. The van der Waals surface area contributed by atoms with Gasteiger partial charge in [0.15, 0.2) is 0 Å². The fourth-order valence-electron chi connectivity index (χ4n) is 3.35. The SMILES string of the molecule is NC1(COCC2CSc3ccccc32)CCCCCC1. The first-order valence-corrected chi connectivity index (χ1v) is 8.84. The van der Waals surface area contributed by atoms with E-state index >= 15 is 0 Å². The van der Waals surface area contributed by atoms with Crippen molar-refractivity contribution in [2.45, 2.75) is 54.9 Å². The maximum atomic E-state index is 6.51. The molecule has 110 valence electrons. The standard InChI is InChI=1S/C17H25NOS/c18-17(9-5-1-2-6-10-17)13-19-11-14-12-20-16-8-4-3-7-15(14)16/h3-4,7-8,14H,1-2,5-6,9-13,18H2. The van der Waals surface area contributed by atoms with Crippen molar-refractivity contribution in [2.75, 3.05) is 19.0 Å². The Balaban J connectivity index is 1.51. The van der Waals surface area contributed by atoms with Crippen molar-refractivity contribution in [3.63, 3.8) is 0 Å².